The minimum atomic E-state index is -1.07. The van der Waals surface area contributed by atoms with Gasteiger partial charge in [0.2, 0.25) is 0 Å². The molecule has 0 bridgehead atoms. The average molecular weight is 455 g/mol. The molecule has 3 amide bonds. The Morgan fingerprint density at radius 3 is 2.31 bits per heavy atom. The number of nitrogens with zero attached hydrogens (tertiary/aromatic N) is 1. The fraction of sp³-hybridized carbons (Fsp3) is 0.0909. The van der Waals surface area contributed by atoms with Gasteiger partial charge in [0.25, 0.3) is 11.6 Å². The molecule has 3 N–H and O–H groups in total. The van der Waals surface area contributed by atoms with Crippen LogP contribution >= 0.6 is 11.6 Å². The number of rotatable bonds is 7. The van der Waals surface area contributed by atoms with Crippen LogP contribution in [0.4, 0.5) is 21.9 Å². The minimum Gasteiger partial charge on any atom is -0.497 e. The zero-order valence-corrected chi connectivity index (χ0v) is 17.6. The smallest absolute Gasteiger partial charge is 0.320 e. The van der Waals surface area contributed by atoms with Gasteiger partial charge in [-0.2, -0.15) is 0 Å². The van der Waals surface area contributed by atoms with Crippen LogP contribution in [0.25, 0.3) is 0 Å². The Balaban J connectivity index is 1.82. The number of nitro benzene ring substituents is 1. The first-order valence-electron chi connectivity index (χ1n) is 9.38. The summed E-state index contributed by atoms with van der Waals surface area (Å²) in [5, 5.41) is 19.5. The van der Waals surface area contributed by atoms with Gasteiger partial charge >= 0.3 is 6.03 Å². The highest BCUT2D eigenvalue weighted by Crippen LogP contribution is 2.29. The van der Waals surface area contributed by atoms with Gasteiger partial charge in [-0.05, 0) is 35.9 Å². The lowest BCUT2D eigenvalue weighted by atomic mass is 10.1. The van der Waals surface area contributed by atoms with Gasteiger partial charge in [-0.25, -0.2) is 4.79 Å². The molecule has 3 rings (SSSR count). The van der Waals surface area contributed by atoms with Crippen LogP contribution in [0, 0.1) is 10.1 Å². The summed E-state index contributed by atoms with van der Waals surface area (Å²) in [6.07, 6.45) is 0. The summed E-state index contributed by atoms with van der Waals surface area (Å²) in [6, 6.07) is 17.2. The summed E-state index contributed by atoms with van der Waals surface area (Å²) in [4.78, 5) is 36.3. The van der Waals surface area contributed by atoms with Crippen LogP contribution in [0.2, 0.25) is 5.02 Å². The summed E-state index contributed by atoms with van der Waals surface area (Å²) in [5.74, 6) is -0.181. The van der Waals surface area contributed by atoms with Crippen LogP contribution in [0.3, 0.4) is 0 Å². The average Bonchev–Trinajstić information content (AvgIpc) is 2.79. The van der Waals surface area contributed by atoms with Crippen LogP contribution in [-0.2, 0) is 4.79 Å². The second kappa shape index (κ2) is 10.3. The Bertz CT molecular complexity index is 1120. The summed E-state index contributed by atoms with van der Waals surface area (Å²) >= 11 is 5.87. The fourth-order valence-corrected chi connectivity index (χ4v) is 3.01. The van der Waals surface area contributed by atoms with Crippen molar-refractivity contribution >= 4 is 40.6 Å². The Kier molecular flexibility index (Phi) is 7.25. The van der Waals surface area contributed by atoms with Gasteiger partial charge in [0, 0.05) is 22.8 Å². The second-order valence-electron chi connectivity index (χ2n) is 6.58. The maximum atomic E-state index is 12.9. The molecule has 0 unspecified atom stereocenters. The van der Waals surface area contributed by atoms with Crippen molar-refractivity contribution in [2.24, 2.45) is 0 Å². The summed E-state index contributed by atoms with van der Waals surface area (Å²) in [7, 11) is 1.40. The molecule has 0 saturated carbocycles. The number of amides is 3. The van der Waals surface area contributed by atoms with Gasteiger partial charge < -0.3 is 20.7 Å². The third-order valence-corrected chi connectivity index (χ3v) is 4.68. The Morgan fingerprint density at radius 1 is 1.00 bits per heavy atom. The van der Waals surface area contributed by atoms with Crippen LogP contribution in [0.15, 0.2) is 72.8 Å². The number of methoxy groups -OCH3 is 1. The maximum absolute atomic E-state index is 12.9. The number of anilines is 2. The van der Waals surface area contributed by atoms with E-state index in [4.69, 9.17) is 16.3 Å². The lowest BCUT2D eigenvalue weighted by Gasteiger charge is -2.19. The van der Waals surface area contributed by atoms with Crippen LogP contribution in [-0.4, -0.2) is 24.0 Å². The Hall–Kier alpha value is -4.11. The lowest BCUT2D eigenvalue weighted by Crippen LogP contribution is -2.39. The number of carbonyl (C=O) groups excluding carboxylic acids is 2. The van der Waals surface area contributed by atoms with E-state index in [9.17, 15) is 19.7 Å². The van der Waals surface area contributed by atoms with Crippen molar-refractivity contribution in [3.05, 3.63) is 93.5 Å². The van der Waals surface area contributed by atoms with Crippen molar-refractivity contribution in [2.75, 3.05) is 17.7 Å². The van der Waals surface area contributed by atoms with Gasteiger partial charge in [-0.3, -0.25) is 14.9 Å². The topological polar surface area (TPSA) is 123 Å². The third-order valence-electron chi connectivity index (χ3n) is 4.43. The molecule has 3 aromatic carbocycles. The van der Waals surface area contributed by atoms with E-state index in [0.29, 0.717) is 22.0 Å². The third kappa shape index (κ3) is 5.73. The molecular formula is C22H19ClN4O5. The highest BCUT2D eigenvalue weighted by Gasteiger charge is 2.24. The fourth-order valence-electron chi connectivity index (χ4n) is 2.88. The van der Waals surface area contributed by atoms with Gasteiger partial charge in [0.05, 0.1) is 12.0 Å². The zero-order valence-electron chi connectivity index (χ0n) is 16.9. The zero-order chi connectivity index (χ0) is 23.1. The molecule has 9 nitrogen and oxygen atoms in total. The highest BCUT2D eigenvalue weighted by atomic mass is 35.5. The molecule has 0 aliphatic carbocycles. The largest absolute Gasteiger partial charge is 0.497 e. The van der Waals surface area contributed by atoms with Crippen molar-refractivity contribution in [1.29, 1.82) is 0 Å². The first kappa shape index (κ1) is 22.6. The number of halogens is 1. The van der Waals surface area contributed by atoms with E-state index < -0.39 is 22.9 Å². The van der Waals surface area contributed by atoms with E-state index in [1.54, 1.807) is 54.6 Å². The minimum absolute atomic E-state index is 0.0724. The molecule has 0 radical (unpaired) electrons. The number of hydrogen-bond donors (Lipinski definition) is 3. The quantitative estimate of drug-likeness (QED) is 0.351. The van der Waals surface area contributed by atoms with Gasteiger partial charge in [-0.1, -0.05) is 41.9 Å². The maximum Gasteiger partial charge on any atom is 0.320 e. The number of urea groups is 1. The molecule has 0 spiro atoms. The van der Waals surface area contributed by atoms with Crippen molar-refractivity contribution in [3.8, 4) is 5.75 Å². The summed E-state index contributed by atoms with van der Waals surface area (Å²) in [6.45, 7) is 0. The summed E-state index contributed by atoms with van der Waals surface area (Å²) < 4.78 is 5.07. The summed E-state index contributed by atoms with van der Waals surface area (Å²) in [5.41, 5.74) is 0.625. The number of nitrogens with one attached hydrogen (secondary N) is 3. The number of hydrogen-bond acceptors (Lipinski definition) is 5. The van der Waals surface area contributed by atoms with Gasteiger partial charge in [-0.15, -0.1) is 0 Å². The van der Waals surface area contributed by atoms with E-state index in [1.807, 2.05) is 0 Å². The molecule has 0 fully saturated rings. The first-order chi connectivity index (χ1) is 15.4. The normalized spacial score (nSPS) is 11.2. The van der Waals surface area contributed by atoms with Crippen LogP contribution < -0.4 is 20.7 Å². The molecule has 0 aromatic heterocycles. The van der Waals surface area contributed by atoms with E-state index in [2.05, 4.69) is 16.0 Å². The number of nitro groups is 1. The van der Waals surface area contributed by atoms with Crippen LogP contribution in [0.1, 0.15) is 11.6 Å². The van der Waals surface area contributed by atoms with Crippen molar-refractivity contribution in [1.82, 2.24) is 5.32 Å². The molecule has 0 heterocycles. The monoisotopic (exact) mass is 454 g/mol. The second-order valence-corrected chi connectivity index (χ2v) is 7.01. The molecule has 164 valence electrons. The number of benzene rings is 3. The predicted molar refractivity (Wildman–Crippen MR) is 121 cm³/mol. The van der Waals surface area contributed by atoms with Crippen molar-refractivity contribution in [3.63, 3.8) is 0 Å². The van der Waals surface area contributed by atoms with Gasteiger partial charge in [0.15, 0.2) is 0 Å². The van der Waals surface area contributed by atoms with E-state index in [0.717, 1.165) is 0 Å². The molecule has 0 aliphatic rings. The lowest BCUT2D eigenvalue weighted by molar-refractivity contribution is -0.383. The first-order valence-corrected chi connectivity index (χ1v) is 9.76. The standard InChI is InChI=1S/C22H19ClN4O5/c1-32-17-11-12-19(27(30)31)18(13-17)25-22(29)26-20(14-5-3-2-4-6-14)21(28)24-16-9-7-15(23)8-10-16/h2-13,20H,1H3,(H,24,28)(H2,25,26,29)/t20-/m1/s1. The molecule has 1 atom stereocenters. The number of carbonyl (C=O) groups is 2. The number of ether oxygens (including phenoxy) is 1. The molecular weight excluding hydrogens is 436 g/mol. The molecule has 0 aliphatic heterocycles. The van der Waals surface area contributed by atoms with Crippen LogP contribution in [0.5, 0.6) is 5.75 Å². The van der Waals surface area contributed by atoms with Crippen molar-refractivity contribution < 1.29 is 19.2 Å². The van der Waals surface area contributed by atoms with E-state index in [-0.39, 0.29) is 11.4 Å². The molecule has 10 heteroatoms. The SMILES string of the molecule is COc1ccc([N+](=O)[O-])c(NC(=O)N[C@@H](C(=O)Nc2ccc(Cl)cc2)c2ccccc2)c1. The van der Waals surface area contributed by atoms with Crippen molar-refractivity contribution in [2.45, 2.75) is 6.04 Å². The van der Waals surface area contributed by atoms with Gasteiger partial charge in [0.1, 0.15) is 17.5 Å². The highest BCUT2D eigenvalue weighted by molar-refractivity contribution is 6.30. The van der Waals surface area contributed by atoms with E-state index >= 15 is 0 Å². The predicted octanol–water partition coefficient (Wildman–Crippen LogP) is 4.76. The van der Waals surface area contributed by atoms with E-state index in [1.165, 1.54) is 25.3 Å². The molecule has 32 heavy (non-hydrogen) atoms. The Morgan fingerprint density at radius 2 is 1.69 bits per heavy atom. The Labute approximate surface area is 188 Å². The molecule has 0 saturated heterocycles. The molecule has 3 aromatic rings.